The van der Waals surface area contributed by atoms with Crippen LogP contribution in [-0.2, 0) is 6.18 Å². The van der Waals surface area contributed by atoms with E-state index in [-0.39, 0.29) is 5.75 Å². The average molecular weight is 362 g/mol. The van der Waals surface area contributed by atoms with Gasteiger partial charge < -0.3 is 4.74 Å². The molecule has 0 aromatic heterocycles. The van der Waals surface area contributed by atoms with Crippen LogP contribution in [0.4, 0.5) is 13.2 Å². The highest BCUT2D eigenvalue weighted by Gasteiger charge is 2.31. The number of hydrogen-bond donors (Lipinski definition) is 0. The van der Waals surface area contributed by atoms with Gasteiger partial charge in [-0.2, -0.15) is 13.2 Å². The maximum Gasteiger partial charge on any atom is 0.416 e. The Kier molecular flexibility index (Phi) is 5.11. The van der Waals surface area contributed by atoms with E-state index in [0.717, 1.165) is 23.9 Å². The predicted octanol–water partition coefficient (Wildman–Crippen LogP) is 4.63. The maximum atomic E-state index is 12.5. The van der Waals surface area contributed by atoms with Gasteiger partial charge in [0.2, 0.25) is 0 Å². The summed E-state index contributed by atoms with van der Waals surface area (Å²) in [5, 5.41) is 0.757. The molecule has 0 saturated carbocycles. The van der Waals surface area contributed by atoms with Crippen LogP contribution in [-0.4, -0.2) is 11.9 Å². The van der Waals surface area contributed by atoms with Gasteiger partial charge >= 0.3 is 6.18 Å². The van der Waals surface area contributed by atoms with Crippen LogP contribution in [0, 0.1) is 0 Å². The minimum Gasteiger partial charge on any atom is -0.494 e. The molecule has 1 aromatic rings. The second kappa shape index (κ2) is 5.91. The number of rotatable bonds is 4. The molecule has 0 aliphatic rings. The molecule has 0 aliphatic carbocycles. The van der Waals surface area contributed by atoms with Crippen molar-refractivity contribution in [2.24, 2.45) is 0 Å². The summed E-state index contributed by atoms with van der Waals surface area (Å²) in [7, 11) is 0. The van der Waals surface area contributed by atoms with Crippen molar-refractivity contribution < 1.29 is 17.9 Å². The van der Waals surface area contributed by atoms with Crippen LogP contribution in [0.1, 0.15) is 12.0 Å². The molecule has 1 rings (SSSR count). The molecule has 90 valence electrons. The van der Waals surface area contributed by atoms with Crippen molar-refractivity contribution in [1.29, 1.82) is 0 Å². The molecule has 16 heavy (non-hydrogen) atoms. The average Bonchev–Trinajstić information content (AvgIpc) is 2.16. The van der Waals surface area contributed by atoms with Crippen LogP contribution in [0.3, 0.4) is 0 Å². The van der Waals surface area contributed by atoms with E-state index in [4.69, 9.17) is 4.74 Å². The van der Waals surface area contributed by atoms with E-state index in [1.54, 1.807) is 0 Å². The Morgan fingerprint density at radius 2 is 1.88 bits per heavy atom. The predicted molar refractivity (Wildman–Crippen MR) is 63.1 cm³/mol. The van der Waals surface area contributed by atoms with Gasteiger partial charge in [0.1, 0.15) is 5.75 Å². The number of halogens is 5. The van der Waals surface area contributed by atoms with Crippen molar-refractivity contribution >= 4 is 31.9 Å². The van der Waals surface area contributed by atoms with Crippen LogP contribution in [0.25, 0.3) is 0 Å². The zero-order valence-corrected chi connectivity index (χ0v) is 11.3. The van der Waals surface area contributed by atoms with E-state index in [2.05, 4.69) is 31.9 Å². The van der Waals surface area contributed by atoms with Gasteiger partial charge in [0.25, 0.3) is 0 Å². The van der Waals surface area contributed by atoms with Crippen molar-refractivity contribution in [2.75, 3.05) is 11.9 Å². The topological polar surface area (TPSA) is 9.23 Å². The fraction of sp³-hybridized carbons (Fsp3) is 0.400. The van der Waals surface area contributed by atoms with Crippen molar-refractivity contribution in [3.63, 3.8) is 0 Å². The minimum absolute atomic E-state index is 0.225. The van der Waals surface area contributed by atoms with E-state index >= 15 is 0 Å². The fourth-order valence-corrected chi connectivity index (χ4v) is 1.76. The lowest BCUT2D eigenvalue weighted by molar-refractivity contribution is -0.137. The summed E-state index contributed by atoms with van der Waals surface area (Å²) in [4.78, 5) is 0. The Labute approximate surface area is 108 Å². The second-order valence-corrected chi connectivity index (χ2v) is 4.77. The molecule has 0 radical (unpaired) electrons. The van der Waals surface area contributed by atoms with Crippen LogP contribution >= 0.6 is 31.9 Å². The zero-order chi connectivity index (χ0) is 12.2. The number of alkyl halides is 4. The monoisotopic (exact) mass is 360 g/mol. The Balaban J connectivity index is 2.82. The molecule has 0 heterocycles. The second-order valence-electron chi connectivity index (χ2n) is 3.06. The lowest BCUT2D eigenvalue weighted by atomic mass is 10.2. The SMILES string of the molecule is FC(F)(F)c1cc(Br)cc(OCCCBr)c1. The normalized spacial score (nSPS) is 11.6. The first-order valence-corrected chi connectivity index (χ1v) is 6.41. The largest absolute Gasteiger partial charge is 0.494 e. The van der Waals surface area contributed by atoms with Crippen LogP contribution in [0.2, 0.25) is 0 Å². The summed E-state index contributed by atoms with van der Waals surface area (Å²) < 4.78 is 42.9. The summed E-state index contributed by atoms with van der Waals surface area (Å²) in [5.74, 6) is 0.225. The smallest absolute Gasteiger partial charge is 0.416 e. The fourth-order valence-electron chi connectivity index (χ4n) is 1.05. The van der Waals surface area contributed by atoms with Gasteiger partial charge in [-0.05, 0) is 24.6 Å². The van der Waals surface area contributed by atoms with Crippen molar-refractivity contribution in [3.05, 3.63) is 28.2 Å². The highest BCUT2D eigenvalue weighted by atomic mass is 79.9. The van der Waals surface area contributed by atoms with Gasteiger partial charge in [-0.25, -0.2) is 0 Å². The van der Waals surface area contributed by atoms with E-state index in [0.29, 0.717) is 11.1 Å². The molecule has 0 N–H and O–H groups in total. The lowest BCUT2D eigenvalue weighted by Crippen LogP contribution is -2.06. The molecule has 1 aromatic carbocycles. The molecule has 0 spiro atoms. The first-order valence-electron chi connectivity index (χ1n) is 4.50. The molecular weight excluding hydrogens is 353 g/mol. The molecule has 0 saturated heterocycles. The Morgan fingerprint density at radius 3 is 2.44 bits per heavy atom. The first kappa shape index (κ1) is 13.8. The third-order valence-electron chi connectivity index (χ3n) is 1.75. The summed E-state index contributed by atoms with van der Waals surface area (Å²) in [6.07, 6.45) is -3.61. The highest BCUT2D eigenvalue weighted by Crippen LogP contribution is 2.34. The summed E-state index contributed by atoms with van der Waals surface area (Å²) in [6, 6.07) is 3.54. The standard InChI is InChI=1S/C10H9Br2F3O/c11-2-1-3-16-9-5-7(10(13,14)15)4-8(12)6-9/h4-6H,1-3H2. The first-order chi connectivity index (χ1) is 7.43. The molecule has 0 unspecified atom stereocenters. The molecule has 0 aliphatic heterocycles. The minimum atomic E-state index is -4.35. The molecule has 0 atom stereocenters. The van der Waals surface area contributed by atoms with Gasteiger partial charge in [-0.1, -0.05) is 31.9 Å². The molecule has 0 fully saturated rings. The summed E-state index contributed by atoms with van der Waals surface area (Å²) >= 11 is 6.24. The van der Waals surface area contributed by atoms with Gasteiger partial charge in [-0.15, -0.1) is 0 Å². The third-order valence-corrected chi connectivity index (χ3v) is 2.76. The molecule has 6 heteroatoms. The molecule has 1 nitrogen and oxygen atoms in total. The van der Waals surface area contributed by atoms with E-state index in [1.807, 2.05) is 0 Å². The highest BCUT2D eigenvalue weighted by molar-refractivity contribution is 9.10. The summed E-state index contributed by atoms with van der Waals surface area (Å²) in [6.45, 7) is 0.388. The van der Waals surface area contributed by atoms with Gasteiger partial charge in [0.05, 0.1) is 12.2 Å². The number of hydrogen-bond acceptors (Lipinski definition) is 1. The van der Waals surface area contributed by atoms with Gasteiger partial charge in [-0.3, -0.25) is 0 Å². The van der Waals surface area contributed by atoms with Crippen molar-refractivity contribution in [2.45, 2.75) is 12.6 Å². The van der Waals surface area contributed by atoms with Crippen molar-refractivity contribution in [1.82, 2.24) is 0 Å². The molecular formula is C10H9Br2F3O. The van der Waals surface area contributed by atoms with E-state index in [9.17, 15) is 13.2 Å². The lowest BCUT2D eigenvalue weighted by Gasteiger charge is -2.10. The third kappa shape index (κ3) is 4.33. The van der Waals surface area contributed by atoms with Gasteiger partial charge in [0, 0.05) is 9.80 Å². The number of benzene rings is 1. The Hall–Kier alpha value is -0.230. The van der Waals surface area contributed by atoms with Gasteiger partial charge in [0.15, 0.2) is 0 Å². The van der Waals surface area contributed by atoms with Crippen molar-refractivity contribution in [3.8, 4) is 5.75 Å². The van der Waals surface area contributed by atoms with Crippen LogP contribution in [0.5, 0.6) is 5.75 Å². The molecule has 0 bridgehead atoms. The quantitative estimate of drug-likeness (QED) is 0.561. The zero-order valence-electron chi connectivity index (χ0n) is 8.15. The molecule has 0 amide bonds. The maximum absolute atomic E-state index is 12.5. The van der Waals surface area contributed by atoms with Crippen LogP contribution in [0.15, 0.2) is 22.7 Å². The Morgan fingerprint density at radius 1 is 1.19 bits per heavy atom. The van der Waals surface area contributed by atoms with Crippen LogP contribution < -0.4 is 4.74 Å². The van der Waals surface area contributed by atoms with E-state index < -0.39 is 11.7 Å². The summed E-state index contributed by atoms with van der Waals surface area (Å²) in [5.41, 5.74) is -0.712. The number of ether oxygens (including phenoxy) is 1. The Bertz CT molecular complexity index is 352. The van der Waals surface area contributed by atoms with E-state index in [1.165, 1.54) is 6.07 Å².